The van der Waals surface area contributed by atoms with Crippen LogP contribution in [0.5, 0.6) is 0 Å². The van der Waals surface area contributed by atoms with Gasteiger partial charge in [-0.2, -0.15) is 10.2 Å². The molecule has 0 aliphatic heterocycles. The highest BCUT2D eigenvalue weighted by Gasteiger charge is 2.16. The van der Waals surface area contributed by atoms with Gasteiger partial charge in [-0.1, -0.05) is 18.2 Å². The molecule has 0 fully saturated rings. The van der Waals surface area contributed by atoms with Crippen molar-refractivity contribution >= 4 is 10.9 Å². The number of rotatable bonds is 3. The van der Waals surface area contributed by atoms with Crippen LogP contribution in [0.1, 0.15) is 23.0 Å². The van der Waals surface area contributed by atoms with E-state index >= 15 is 0 Å². The molecule has 104 valence electrons. The number of para-hydroxylation sites is 1. The molecule has 0 aliphatic rings. The van der Waals surface area contributed by atoms with E-state index in [4.69, 9.17) is 5.73 Å². The van der Waals surface area contributed by atoms with Crippen LogP contribution in [0.15, 0.2) is 30.5 Å². The standard InChI is InChI=1S/C15H19N5/c1-10-12(9-17-19(10)2)13(16)8-14-11-6-4-5-7-15(11)20(3)18-14/h4-7,9,13H,8,16H2,1-3H3. The molecule has 5 heteroatoms. The molecule has 1 aromatic carbocycles. The summed E-state index contributed by atoms with van der Waals surface area (Å²) in [6.07, 6.45) is 2.57. The summed E-state index contributed by atoms with van der Waals surface area (Å²) in [5.74, 6) is 0. The molecule has 3 rings (SSSR count). The third-order valence-corrected chi connectivity index (χ3v) is 3.92. The van der Waals surface area contributed by atoms with Crippen molar-refractivity contribution in [2.45, 2.75) is 19.4 Å². The summed E-state index contributed by atoms with van der Waals surface area (Å²) in [5.41, 5.74) is 10.7. The molecule has 1 atom stereocenters. The van der Waals surface area contributed by atoms with Crippen molar-refractivity contribution in [1.82, 2.24) is 19.6 Å². The normalized spacial score (nSPS) is 13.0. The molecule has 0 spiro atoms. The lowest BCUT2D eigenvalue weighted by Gasteiger charge is -2.09. The molecule has 5 nitrogen and oxygen atoms in total. The van der Waals surface area contributed by atoms with Gasteiger partial charge in [0.15, 0.2) is 0 Å². The van der Waals surface area contributed by atoms with Gasteiger partial charge in [0.05, 0.1) is 17.4 Å². The van der Waals surface area contributed by atoms with Gasteiger partial charge in [-0.05, 0) is 13.0 Å². The van der Waals surface area contributed by atoms with Gasteiger partial charge in [-0.25, -0.2) is 0 Å². The van der Waals surface area contributed by atoms with Crippen molar-refractivity contribution < 1.29 is 0 Å². The predicted octanol–water partition coefficient (Wildman–Crippen LogP) is 1.86. The maximum absolute atomic E-state index is 6.34. The number of nitrogens with zero attached hydrogens (tertiary/aromatic N) is 4. The second-order valence-electron chi connectivity index (χ2n) is 5.21. The molecule has 0 aliphatic carbocycles. The van der Waals surface area contributed by atoms with Crippen LogP contribution in [-0.4, -0.2) is 19.6 Å². The highest BCUT2D eigenvalue weighted by molar-refractivity contribution is 5.81. The Kier molecular flexibility index (Phi) is 3.06. The zero-order valence-electron chi connectivity index (χ0n) is 12.0. The number of hydrogen-bond donors (Lipinski definition) is 1. The van der Waals surface area contributed by atoms with Gasteiger partial charge in [-0.15, -0.1) is 0 Å². The third kappa shape index (κ3) is 2.00. The van der Waals surface area contributed by atoms with Crippen LogP contribution < -0.4 is 5.73 Å². The first-order valence-electron chi connectivity index (χ1n) is 6.72. The fourth-order valence-electron chi connectivity index (χ4n) is 2.64. The first kappa shape index (κ1) is 12.9. The quantitative estimate of drug-likeness (QED) is 0.789. The first-order chi connectivity index (χ1) is 9.58. The van der Waals surface area contributed by atoms with Gasteiger partial charge < -0.3 is 5.73 Å². The minimum Gasteiger partial charge on any atom is -0.324 e. The van der Waals surface area contributed by atoms with Gasteiger partial charge in [-0.3, -0.25) is 9.36 Å². The van der Waals surface area contributed by atoms with Crippen molar-refractivity contribution in [1.29, 1.82) is 0 Å². The number of aromatic nitrogens is 4. The summed E-state index contributed by atoms with van der Waals surface area (Å²) >= 11 is 0. The van der Waals surface area contributed by atoms with Gasteiger partial charge in [0.25, 0.3) is 0 Å². The Balaban J connectivity index is 1.95. The Morgan fingerprint density at radius 1 is 1.20 bits per heavy atom. The van der Waals surface area contributed by atoms with Crippen LogP contribution in [0, 0.1) is 6.92 Å². The second-order valence-corrected chi connectivity index (χ2v) is 5.21. The number of benzene rings is 1. The minimum absolute atomic E-state index is 0.0815. The lowest BCUT2D eigenvalue weighted by atomic mass is 10.0. The zero-order chi connectivity index (χ0) is 14.3. The predicted molar refractivity (Wildman–Crippen MR) is 79.3 cm³/mol. The Bertz CT molecular complexity index is 753. The molecule has 0 amide bonds. The summed E-state index contributed by atoms with van der Waals surface area (Å²) in [5, 5.41) is 10.0. The lowest BCUT2D eigenvalue weighted by molar-refractivity contribution is 0.673. The summed E-state index contributed by atoms with van der Waals surface area (Å²) in [6, 6.07) is 8.16. The molecule has 0 saturated heterocycles. The highest BCUT2D eigenvalue weighted by Crippen LogP contribution is 2.23. The van der Waals surface area contributed by atoms with E-state index in [9.17, 15) is 0 Å². The van der Waals surface area contributed by atoms with Crippen LogP contribution in [0.3, 0.4) is 0 Å². The van der Waals surface area contributed by atoms with Gasteiger partial charge in [0.2, 0.25) is 0 Å². The molecule has 0 bridgehead atoms. The molecular weight excluding hydrogens is 250 g/mol. The Hall–Kier alpha value is -2.14. The first-order valence-corrected chi connectivity index (χ1v) is 6.72. The minimum atomic E-state index is -0.0815. The maximum atomic E-state index is 6.34. The van der Waals surface area contributed by atoms with Crippen LogP contribution in [0.4, 0.5) is 0 Å². The van der Waals surface area contributed by atoms with Crippen molar-refractivity contribution in [3.05, 3.63) is 47.4 Å². The molecule has 2 heterocycles. The summed E-state index contributed by atoms with van der Waals surface area (Å²) in [4.78, 5) is 0. The van der Waals surface area contributed by atoms with Gasteiger partial charge >= 0.3 is 0 Å². The molecule has 0 radical (unpaired) electrons. The van der Waals surface area contributed by atoms with Crippen LogP contribution in [0.2, 0.25) is 0 Å². The van der Waals surface area contributed by atoms with Crippen molar-refractivity contribution in [3.63, 3.8) is 0 Å². The maximum Gasteiger partial charge on any atom is 0.0722 e. The Morgan fingerprint density at radius 3 is 2.65 bits per heavy atom. The summed E-state index contributed by atoms with van der Waals surface area (Å²) < 4.78 is 3.76. The molecule has 0 saturated carbocycles. The van der Waals surface area contributed by atoms with Gasteiger partial charge in [0, 0.05) is 43.2 Å². The molecular formula is C15H19N5. The number of hydrogen-bond acceptors (Lipinski definition) is 3. The van der Waals surface area contributed by atoms with Crippen molar-refractivity contribution in [2.24, 2.45) is 19.8 Å². The SMILES string of the molecule is Cc1c(C(N)Cc2nn(C)c3ccccc23)cnn1C. The second kappa shape index (κ2) is 4.76. The molecule has 3 aromatic rings. The molecule has 20 heavy (non-hydrogen) atoms. The third-order valence-electron chi connectivity index (χ3n) is 3.92. The molecule has 2 N–H and O–H groups in total. The smallest absolute Gasteiger partial charge is 0.0722 e. The monoisotopic (exact) mass is 269 g/mol. The zero-order valence-corrected chi connectivity index (χ0v) is 12.0. The highest BCUT2D eigenvalue weighted by atomic mass is 15.3. The molecule has 1 unspecified atom stereocenters. The van der Waals surface area contributed by atoms with E-state index in [2.05, 4.69) is 22.3 Å². The van der Waals surface area contributed by atoms with Crippen LogP contribution >= 0.6 is 0 Å². The fraction of sp³-hybridized carbons (Fsp3) is 0.333. The van der Waals surface area contributed by atoms with Crippen LogP contribution in [0.25, 0.3) is 10.9 Å². The average molecular weight is 269 g/mol. The van der Waals surface area contributed by atoms with E-state index < -0.39 is 0 Å². The summed E-state index contributed by atoms with van der Waals surface area (Å²) in [7, 11) is 3.90. The van der Waals surface area contributed by atoms with E-state index in [0.717, 1.165) is 22.5 Å². The van der Waals surface area contributed by atoms with E-state index in [0.29, 0.717) is 6.42 Å². The lowest BCUT2D eigenvalue weighted by Crippen LogP contribution is -2.15. The number of nitrogens with two attached hydrogens (primary N) is 1. The Labute approximate surface area is 118 Å². The molecule has 2 aromatic heterocycles. The topological polar surface area (TPSA) is 61.7 Å². The van der Waals surface area contributed by atoms with E-state index in [1.807, 2.05) is 48.7 Å². The largest absolute Gasteiger partial charge is 0.324 e. The average Bonchev–Trinajstić information content (AvgIpc) is 2.93. The number of fused-ring (bicyclic) bond motifs is 1. The van der Waals surface area contributed by atoms with E-state index in [1.54, 1.807) is 0 Å². The van der Waals surface area contributed by atoms with Gasteiger partial charge in [0.1, 0.15) is 0 Å². The van der Waals surface area contributed by atoms with Crippen molar-refractivity contribution in [3.8, 4) is 0 Å². The Morgan fingerprint density at radius 2 is 1.95 bits per heavy atom. The van der Waals surface area contributed by atoms with E-state index in [1.165, 1.54) is 5.39 Å². The number of aryl methyl sites for hydroxylation is 2. The van der Waals surface area contributed by atoms with Crippen LogP contribution in [-0.2, 0) is 20.5 Å². The fourth-order valence-corrected chi connectivity index (χ4v) is 2.64. The van der Waals surface area contributed by atoms with Crippen molar-refractivity contribution in [2.75, 3.05) is 0 Å². The van der Waals surface area contributed by atoms with E-state index in [-0.39, 0.29) is 6.04 Å². The summed E-state index contributed by atoms with van der Waals surface area (Å²) in [6.45, 7) is 2.04.